The molecule has 1 radical (unpaired) electrons. The summed E-state index contributed by atoms with van der Waals surface area (Å²) in [5.74, 6) is 0. The fourth-order valence-electron chi connectivity index (χ4n) is 0.446. The van der Waals surface area contributed by atoms with Crippen molar-refractivity contribution in [3.8, 4) is 0 Å². The zero-order chi connectivity index (χ0) is 6.69. The number of carbonyl (C=O) groups excluding carboxylic acids is 1. The Balaban J connectivity index is 2.02. The number of carbonyl (C=O) groups is 1. The predicted molar refractivity (Wildman–Crippen MR) is 30.6 cm³/mol. The third-order valence-corrected chi connectivity index (χ3v) is 1.00. The summed E-state index contributed by atoms with van der Waals surface area (Å²) in [6, 6.07) is 0. The second-order valence-corrected chi connectivity index (χ2v) is 1.92. The SMILES string of the molecule is C[CH]OC(=O)OC1CC1. The molecule has 0 aromatic heterocycles. The Bertz CT molecular complexity index is 107. The molecule has 9 heavy (non-hydrogen) atoms. The van der Waals surface area contributed by atoms with Gasteiger partial charge in [0.15, 0.2) is 0 Å². The molecule has 0 saturated heterocycles. The Morgan fingerprint density at radius 1 is 1.67 bits per heavy atom. The van der Waals surface area contributed by atoms with Crippen LogP contribution in [0.3, 0.4) is 0 Å². The first-order chi connectivity index (χ1) is 4.33. The molecular weight excluding hydrogens is 120 g/mol. The van der Waals surface area contributed by atoms with E-state index in [1.807, 2.05) is 0 Å². The summed E-state index contributed by atoms with van der Waals surface area (Å²) in [5.41, 5.74) is 0. The topological polar surface area (TPSA) is 35.5 Å². The summed E-state index contributed by atoms with van der Waals surface area (Å²) in [6.07, 6.45) is 1.52. The second-order valence-electron chi connectivity index (χ2n) is 1.92. The van der Waals surface area contributed by atoms with Gasteiger partial charge in [-0.15, -0.1) is 0 Å². The minimum Gasteiger partial charge on any atom is -0.431 e. The van der Waals surface area contributed by atoms with E-state index in [1.54, 1.807) is 6.92 Å². The quantitative estimate of drug-likeness (QED) is 0.530. The molecule has 1 aliphatic carbocycles. The molecule has 0 unspecified atom stereocenters. The summed E-state index contributed by atoms with van der Waals surface area (Å²) in [4.78, 5) is 10.4. The molecule has 0 aromatic rings. The van der Waals surface area contributed by atoms with E-state index in [2.05, 4.69) is 4.74 Å². The molecular formula is C6H9O3. The van der Waals surface area contributed by atoms with Crippen LogP contribution in [0.25, 0.3) is 0 Å². The summed E-state index contributed by atoms with van der Waals surface area (Å²) in [7, 11) is 0. The highest BCUT2D eigenvalue weighted by Crippen LogP contribution is 2.23. The maximum absolute atomic E-state index is 10.4. The number of hydrogen-bond donors (Lipinski definition) is 0. The maximum Gasteiger partial charge on any atom is 0.508 e. The molecule has 1 aliphatic rings. The zero-order valence-corrected chi connectivity index (χ0v) is 5.29. The molecule has 0 aliphatic heterocycles. The van der Waals surface area contributed by atoms with Gasteiger partial charge in [0.2, 0.25) is 0 Å². The number of rotatable bonds is 2. The third kappa shape index (κ3) is 2.35. The standard InChI is InChI=1S/C6H9O3/c1-2-8-6(7)9-5-3-4-5/h2,5H,3-4H2,1H3. The van der Waals surface area contributed by atoms with Crippen LogP contribution in [0.2, 0.25) is 0 Å². The molecule has 3 nitrogen and oxygen atoms in total. The molecule has 0 bridgehead atoms. The van der Waals surface area contributed by atoms with Gasteiger partial charge >= 0.3 is 6.16 Å². The van der Waals surface area contributed by atoms with Crippen molar-refractivity contribution in [2.45, 2.75) is 25.9 Å². The van der Waals surface area contributed by atoms with Gasteiger partial charge in [0.05, 0.1) is 0 Å². The van der Waals surface area contributed by atoms with Crippen molar-refractivity contribution < 1.29 is 14.3 Å². The van der Waals surface area contributed by atoms with E-state index >= 15 is 0 Å². The minimum absolute atomic E-state index is 0.137. The lowest BCUT2D eigenvalue weighted by Crippen LogP contribution is -2.05. The van der Waals surface area contributed by atoms with Crippen molar-refractivity contribution >= 4 is 6.16 Å². The Hall–Kier alpha value is -0.730. The van der Waals surface area contributed by atoms with Crippen LogP contribution in [0.1, 0.15) is 19.8 Å². The van der Waals surface area contributed by atoms with E-state index in [1.165, 1.54) is 6.61 Å². The van der Waals surface area contributed by atoms with Crippen molar-refractivity contribution in [1.29, 1.82) is 0 Å². The lowest BCUT2D eigenvalue weighted by atomic mass is 10.8. The molecule has 1 rings (SSSR count). The van der Waals surface area contributed by atoms with Gasteiger partial charge in [0.1, 0.15) is 12.7 Å². The minimum atomic E-state index is -0.583. The van der Waals surface area contributed by atoms with E-state index in [9.17, 15) is 4.79 Å². The number of ether oxygens (including phenoxy) is 2. The third-order valence-electron chi connectivity index (χ3n) is 1.00. The Morgan fingerprint density at radius 3 is 2.78 bits per heavy atom. The summed E-state index contributed by atoms with van der Waals surface area (Å²) < 4.78 is 9.12. The van der Waals surface area contributed by atoms with Crippen molar-refractivity contribution in [2.24, 2.45) is 0 Å². The first-order valence-electron chi connectivity index (χ1n) is 2.98. The van der Waals surface area contributed by atoms with Gasteiger partial charge in [0, 0.05) is 0 Å². The molecule has 0 heterocycles. The van der Waals surface area contributed by atoms with Gasteiger partial charge in [0.25, 0.3) is 0 Å². The average Bonchev–Trinajstić information content (AvgIpc) is 2.50. The first kappa shape index (κ1) is 6.39. The van der Waals surface area contributed by atoms with E-state index < -0.39 is 6.16 Å². The van der Waals surface area contributed by atoms with Gasteiger partial charge in [-0.25, -0.2) is 4.79 Å². The number of hydrogen-bond acceptors (Lipinski definition) is 3. The first-order valence-corrected chi connectivity index (χ1v) is 2.98. The van der Waals surface area contributed by atoms with E-state index in [4.69, 9.17) is 4.74 Å². The molecule has 3 heteroatoms. The van der Waals surface area contributed by atoms with Crippen LogP contribution in [0.5, 0.6) is 0 Å². The Kier molecular flexibility index (Phi) is 1.92. The molecule has 0 atom stereocenters. The van der Waals surface area contributed by atoms with Crippen LogP contribution in [0, 0.1) is 6.61 Å². The van der Waals surface area contributed by atoms with Crippen LogP contribution in [0.15, 0.2) is 0 Å². The summed E-state index contributed by atoms with van der Waals surface area (Å²) in [6.45, 7) is 2.94. The van der Waals surface area contributed by atoms with Gasteiger partial charge in [-0.1, -0.05) is 0 Å². The molecule has 0 amide bonds. The van der Waals surface area contributed by atoms with Gasteiger partial charge in [-0.05, 0) is 19.8 Å². The monoisotopic (exact) mass is 129 g/mol. The van der Waals surface area contributed by atoms with Gasteiger partial charge in [-0.3, -0.25) is 0 Å². The van der Waals surface area contributed by atoms with Crippen molar-refractivity contribution in [3.63, 3.8) is 0 Å². The fourth-order valence-corrected chi connectivity index (χ4v) is 0.446. The largest absolute Gasteiger partial charge is 0.508 e. The normalized spacial score (nSPS) is 17.0. The lowest BCUT2D eigenvalue weighted by Gasteiger charge is -1.99. The zero-order valence-electron chi connectivity index (χ0n) is 5.29. The molecule has 1 saturated carbocycles. The van der Waals surface area contributed by atoms with Gasteiger partial charge in [-0.2, -0.15) is 0 Å². The molecule has 0 aromatic carbocycles. The summed E-state index contributed by atoms with van der Waals surface area (Å²) in [5, 5.41) is 0. The van der Waals surface area contributed by atoms with E-state index in [-0.39, 0.29) is 6.10 Å². The van der Waals surface area contributed by atoms with Crippen LogP contribution in [0.4, 0.5) is 4.79 Å². The van der Waals surface area contributed by atoms with Gasteiger partial charge < -0.3 is 9.47 Å². The summed E-state index contributed by atoms with van der Waals surface area (Å²) >= 11 is 0. The Labute approximate surface area is 53.9 Å². The Morgan fingerprint density at radius 2 is 2.33 bits per heavy atom. The maximum atomic E-state index is 10.4. The second kappa shape index (κ2) is 2.71. The van der Waals surface area contributed by atoms with Crippen molar-refractivity contribution in [2.75, 3.05) is 0 Å². The smallest absolute Gasteiger partial charge is 0.431 e. The average molecular weight is 129 g/mol. The predicted octanol–water partition coefficient (Wildman–Crippen LogP) is 1.48. The lowest BCUT2D eigenvalue weighted by molar-refractivity contribution is 0.0688. The highest BCUT2D eigenvalue weighted by Gasteiger charge is 2.26. The highest BCUT2D eigenvalue weighted by atomic mass is 16.7. The van der Waals surface area contributed by atoms with Crippen molar-refractivity contribution in [3.05, 3.63) is 6.61 Å². The molecule has 1 fully saturated rings. The highest BCUT2D eigenvalue weighted by molar-refractivity contribution is 5.60. The van der Waals surface area contributed by atoms with E-state index in [0.29, 0.717) is 0 Å². The molecule has 0 spiro atoms. The van der Waals surface area contributed by atoms with Crippen molar-refractivity contribution in [1.82, 2.24) is 0 Å². The van der Waals surface area contributed by atoms with Crippen LogP contribution < -0.4 is 0 Å². The van der Waals surface area contributed by atoms with Crippen LogP contribution in [-0.2, 0) is 9.47 Å². The fraction of sp³-hybridized carbons (Fsp3) is 0.667. The van der Waals surface area contributed by atoms with Crippen LogP contribution in [-0.4, -0.2) is 12.3 Å². The van der Waals surface area contributed by atoms with Crippen LogP contribution >= 0.6 is 0 Å². The molecule has 0 N–H and O–H groups in total. The van der Waals surface area contributed by atoms with E-state index in [0.717, 1.165) is 12.8 Å². The molecule has 51 valence electrons.